The molecule has 0 spiro atoms. The van der Waals surface area contributed by atoms with Crippen LogP contribution in [-0.4, -0.2) is 78.1 Å². The maximum Gasteiger partial charge on any atom is 0.331 e. The molecule has 0 aliphatic carbocycles. The van der Waals surface area contributed by atoms with Crippen LogP contribution in [0.5, 0.6) is 0 Å². The molecule has 2 aromatic rings. The molecule has 2 aromatic heterocycles. The summed E-state index contributed by atoms with van der Waals surface area (Å²) in [5.41, 5.74) is -0.860. The lowest BCUT2D eigenvalue weighted by molar-refractivity contribution is -0.141. The summed E-state index contributed by atoms with van der Waals surface area (Å²) in [6.07, 6.45) is 0.0405. The molecule has 0 amide bonds. The van der Waals surface area contributed by atoms with Gasteiger partial charge in [-0.2, -0.15) is 0 Å². The third-order valence-electron chi connectivity index (χ3n) is 5.98. The van der Waals surface area contributed by atoms with Gasteiger partial charge in [0.15, 0.2) is 0 Å². The summed E-state index contributed by atoms with van der Waals surface area (Å²) >= 11 is 0. The van der Waals surface area contributed by atoms with E-state index in [9.17, 15) is 39.0 Å². The minimum Gasteiger partial charge on any atom is -0.393 e. The van der Waals surface area contributed by atoms with E-state index in [1.807, 2.05) is 0 Å². The predicted molar refractivity (Wildman–Crippen MR) is 142 cm³/mol. The number of nitrogens with zero attached hydrogens (tertiary/aromatic N) is 4. The molecule has 4 atom stereocenters. The SMILES string of the molecule is CC(=O)O/N=C1/C[C@H](n2cc(C)c(=O)[nH]c2=O)O[C@@H]1CO.CC(=O)O/N=C1\C[C@H](n2cc(C)c(=O)[nH]c2=O)O[C@@H]1CO. The van der Waals surface area contributed by atoms with E-state index in [1.54, 1.807) is 13.8 Å². The number of aromatic amines is 2. The molecule has 0 saturated carbocycles. The maximum absolute atomic E-state index is 11.8. The lowest BCUT2D eigenvalue weighted by atomic mass is 10.2. The fraction of sp³-hybridized carbons (Fsp3) is 0.500. The molecule has 0 radical (unpaired) electrons. The van der Waals surface area contributed by atoms with E-state index in [-0.39, 0.29) is 26.1 Å². The highest BCUT2D eigenvalue weighted by molar-refractivity contribution is 5.91. The lowest BCUT2D eigenvalue weighted by Crippen LogP contribution is -2.33. The van der Waals surface area contributed by atoms with Crippen LogP contribution in [0.25, 0.3) is 0 Å². The number of aliphatic hydroxyl groups is 2. The zero-order valence-electron chi connectivity index (χ0n) is 23.1. The Bertz CT molecular complexity index is 1500. The zero-order valence-corrected chi connectivity index (χ0v) is 23.1. The summed E-state index contributed by atoms with van der Waals surface area (Å²) in [4.78, 5) is 81.1. The predicted octanol–water partition coefficient (Wildman–Crippen LogP) is -1.91. The van der Waals surface area contributed by atoms with Gasteiger partial charge >= 0.3 is 23.3 Å². The molecular formula is C24H30N6O12. The molecule has 2 fully saturated rings. The minimum absolute atomic E-state index is 0.157. The number of aliphatic hydroxyl groups excluding tert-OH is 2. The standard InChI is InChI=1S/2C12H15N3O6/c2*1-6-4-15(12(19)13-11(6)18)10-3-8(9(5-16)20-10)14-21-7(2)17/h2*4,9-10,16H,3,5H2,1-2H3,(H,13,18,19)/b14-8+;14-8-/t2*9-,10-/m11/s1. The molecule has 42 heavy (non-hydrogen) atoms. The average Bonchev–Trinajstić information content (AvgIpc) is 3.54. The number of nitrogens with one attached hydrogen (secondary N) is 2. The Morgan fingerprint density at radius 3 is 1.48 bits per heavy atom. The third-order valence-corrected chi connectivity index (χ3v) is 5.98. The number of ether oxygens (including phenoxy) is 2. The first-order valence-corrected chi connectivity index (χ1v) is 12.5. The van der Waals surface area contributed by atoms with Gasteiger partial charge in [0.2, 0.25) is 0 Å². The summed E-state index contributed by atoms with van der Waals surface area (Å²) in [5.74, 6) is -1.20. The van der Waals surface area contributed by atoms with Gasteiger partial charge in [-0.05, 0) is 13.8 Å². The van der Waals surface area contributed by atoms with Gasteiger partial charge in [-0.1, -0.05) is 10.3 Å². The van der Waals surface area contributed by atoms with Crippen LogP contribution in [0.3, 0.4) is 0 Å². The van der Waals surface area contributed by atoms with Gasteiger partial charge < -0.3 is 29.4 Å². The lowest BCUT2D eigenvalue weighted by Gasteiger charge is -2.14. The summed E-state index contributed by atoms with van der Waals surface area (Å²) in [6, 6.07) is 0. The number of hydrogen-bond acceptors (Lipinski definition) is 14. The monoisotopic (exact) mass is 594 g/mol. The number of aryl methyl sites for hydroxylation is 2. The second-order valence-corrected chi connectivity index (χ2v) is 9.22. The van der Waals surface area contributed by atoms with Crippen molar-refractivity contribution >= 4 is 23.4 Å². The first-order chi connectivity index (χ1) is 19.8. The Balaban J connectivity index is 0.000000230. The van der Waals surface area contributed by atoms with Crippen LogP contribution in [-0.2, 0) is 28.7 Å². The molecule has 0 bridgehead atoms. The molecule has 2 saturated heterocycles. The number of carbonyl (C=O) groups is 2. The first-order valence-electron chi connectivity index (χ1n) is 12.5. The smallest absolute Gasteiger partial charge is 0.331 e. The maximum atomic E-state index is 11.8. The van der Waals surface area contributed by atoms with Crippen molar-refractivity contribution in [2.24, 2.45) is 10.3 Å². The molecule has 2 aliphatic rings. The van der Waals surface area contributed by atoms with E-state index in [2.05, 4.69) is 30.0 Å². The zero-order chi connectivity index (χ0) is 31.1. The van der Waals surface area contributed by atoms with Crippen LogP contribution in [0.4, 0.5) is 0 Å². The van der Waals surface area contributed by atoms with Crippen LogP contribution in [0.2, 0.25) is 0 Å². The Morgan fingerprint density at radius 2 is 1.17 bits per heavy atom. The van der Waals surface area contributed by atoms with E-state index in [0.29, 0.717) is 22.6 Å². The molecular weight excluding hydrogens is 564 g/mol. The van der Waals surface area contributed by atoms with Crippen molar-refractivity contribution in [2.75, 3.05) is 13.2 Å². The fourth-order valence-corrected chi connectivity index (χ4v) is 3.92. The summed E-state index contributed by atoms with van der Waals surface area (Å²) in [5, 5.41) is 25.7. The minimum atomic E-state index is -0.770. The van der Waals surface area contributed by atoms with Gasteiger partial charge in [0.1, 0.15) is 24.7 Å². The van der Waals surface area contributed by atoms with Gasteiger partial charge in [0.05, 0.1) is 24.6 Å². The Kier molecular flexibility index (Phi) is 10.6. The van der Waals surface area contributed by atoms with Gasteiger partial charge in [-0.15, -0.1) is 0 Å². The van der Waals surface area contributed by atoms with Gasteiger partial charge in [-0.3, -0.25) is 28.7 Å². The van der Waals surface area contributed by atoms with Crippen LogP contribution in [0.15, 0.2) is 41.9 Å². The number of aromatic nitrogens is 4. The van der Waals surface area contributed by atoms with Crippen molar-refractivity contribution in [1.29, 1.82) is 0 Å². The number of hydrogen-bond donors (Lipinski definition) is 4. The molecule has 4 N–H and O–H groups in total. The Hall–Kier alpha value is -4.52. The van der Waals surface area contributed by atoms with Crippen LogP contribution in [0.1, 0.15) is 50.3 Å². The van der Waals surface area contributed by atoms with Crippen molar-refractivity contribution in [2.45, 2.75) is 65.2 Å². The fourth-order valence-electron chi connectivity index (χ4n) is 3.92. The van der Waals surface area contributed by atoms with Gasteiger partial charge in [0.25, 0.3) is 11.1 Å². The van der Waals surface area contributed by atoms with Crippen molar-refractivity contribution in [3.8, 4) is 0 Å². The third kappa shape index (κ3) is 7.81. The molecule has 228 valence electrons. The molecule has 0 aromatic carbocycles. The van der Waals surface area contributed by atoms with E-state index in [0.717, 1.165) is 0 Å². The molecule has 18 nitrogen and oxygen atoms in total. The van der Waals surface area contributed by atoms with E-state index in [4.69, 9.17) is 9.47 Å². The van der Waals surface area contributed by atoms with Gasteiger partial charge in [0, 0.05) is 50.2 Å². The normalized spacial score (nSPS) is 23.5. The summed E-state index contributed by atoms with van der Waals surface area (Å²) in [7, 11) is 0. The first kappa shape index (κ1) is 32.0. The van der Waals surface area contributed by atoms with E-state index < -0.39 is 59.1 Å². The van der Waals surface area contributed by atoms with Crippen LogP contribution >= 0.6 is 0 Å². The molecule has 2 aliphatic heterocycles. The van der Waals surface area contributed by atoms with Crippen molar-refractivity contribution in [3.05, 3.63) is 65.2 Å². The molecule has 4 heterocycles. The molecule has 18 heteroatoms. The van der Waals surface area contributed by atoms with E-state index in [1.165, 1.54) is 35.4 Å². The van der Waals surface area contributed by atoms with Gasteiger partial charge in [-0.25, -0.2) is 19.2 Å². The summed E-state index contributed by atoms with van der Waals surface area (Å²) < 4.78 is 13.4. The largest absolute Gasteiger partial charge is 0.393 e. The number of H-pyrrole nitrogens is 2. The van der Waals surface area contributed by atoms with E-state index >= 15 is 0 Å². The Labute approximate surface area is 235 Å². The van der Waals surface area contributed by atoms with Crippen molar-refractivity contribution in [3.63, 3.8) is 0 Å². The second-order valence-electron chi connectivity index (χ2n) is 9.22. The second kappa shape index (κ2) is 13.9. The number of oxime groups is 2. The topological polar surface area (TPSA) is 246 Å². The van der Waals surface area contributed by atoms with Crippen molar-refractivity contribution < 1.29 is 39.0 Å². The average molecular weight is 595 g/mol. The van der Waals surface area contributed by atoms with Crippen LogP contribution < -0.4 is 22.5 Å². The highest BCUT2D eigenvalue weighted by Gasteiger charge is 2.35. The quantitative estimate of drug-likeness (QED) is 0.211. The summed E-state index contributed by atoms with van der Waals surface area (Å²) in [6.45, 7) is 4.77. The molecule has 0 unspecified atom stereocenters. The Morgan fingerprint density at radius 1 is 0.810 bits per heavy atom. The van der Waals surface area contributed by atoms with Crippen molar-refractivity contribution in [1.82, 2.24) is 19.1 Å². The van der Waals surface area contributed by atoms with Crippen LogP contribution in [0, 0.1) is 13.8 Å². The number of carbonyl (C=O) groups excluding carboxylic acids is 2. The number of rotatable bonds is 6. The molecule has 4 rings (SSSR count). The highest BCUT2D eigenvalue weighted by Crippen LogP contribution is 2.26. The highest BCUT2D eigenvalue weighted by atomic mass is 16.7.